The molecule has 8 heteroatoms. The van der Waals surface area contributed by atoms with Crippen LogP contribution in [-0.4, -0.2) is 27.3 Å². The molecule has 3 aromatic rings. The Morgan fingerprint density at radius 2 is 2.00 bits per heavy atom. The molecule has 1 saturated carbocycles. The number of amides is 1. The normalized spacial score (nSPS) is 19.4. The molecule has 1 aliphatic rings. The molecule has 0 saturated heterocycles. The third-order valence-electron chi connectivity index (χ3n) is 5.89. The van der Waals surface area contributed by atoms with Crippen LogP contribution in [0, 0.1) is 18.8 Å². The molecule has 154 valence electrons. The van der Waals surface area contributed by atoms with Gasteiger partial charge in [0, 0.05) is 31.6 Å². The number of aromatic nitrogens is 3. The van der Waals surface area contributed by atoms with Crippen LogP contribution in [-0.2, 0) is 18.4 Å². The lowest BCUT2D eigenvalue weighted by atomic mass is 9.81. The molecule has 0 unspecified atom stereocenters. The summed E-state index contributed by atoms with van der Waals surface area (Å²) in [5.74, 6) is 1.43. The molecule has 0 spiro atoms. The predicted octanol–water partition coefficient (Wildman–Crippen LogP) is 3.09. The number of aryl methyl sites for hydroxylation is 2. The standard InChI is InChI=1S/C21H26N4O4/c1-13-10-19(29-23-13)22-20(26)15-6-4-14(5-7-15)12-25-18-11-16(28-3)8-9-17(18)24(2)21(25)27/h8-11,14-15H,4-7,12H2,1-3H3,(H,22,26). The van der Waals surface area contributed by atoms with Gasteiger partial charge in [-0.15, -0.1) is 0 Å². The van der Waals surface area contributed by atoms with Crippen LogP contribution < -0.4 is 15.7 Å². The number of anilines is 1. The van der Waals surface area contributed by atoms with E-state index in [2.05, 4.69) is 10.5 Å². The lowest BCUT2D eigenvalue weighted by molar-refractivity contribution is -0.121. The zero-order chi connectivity index (χ0) is 20.5. The quantitative estimate of drug-likeness (QED) is 0.713. The predicted molar refractivity (Wildman–Crippen MR) is 109 cm³/mol. The maximum absolute atomic E-state index is 12.7. The third kappa shape index (κ3) is 3.79. The fraction of sp³-hybridized carbons (Fsp3) is 0.476. The fourth-order valence-electron chi connectivity index (χ4n) is 4.21. The molecule has 1 fully saturated rings. The molecule has 8 nitrogen and oxygen atoms in total. The number of nitrogens with one attached hydrogen (secondary N) is 1. The van der Waals surface area contributed by atoms with E-state index in [1.165, 1.54) is 0 Å². The molecule has 0 aliphatic heterocycles. The number of ether oxygens (including phenoxy) is 1. The average Bonchev–Trinajstić information content (AvgIpc) is 3.24. The lowest BCUT2D eigenvalue weighted by Crippen LogP contribution is -2.30. The van der Waals surface area contributed by atoms with Crippen molar-refractivity contribution in [1.29, 1.82) is 0 Å². The van der Waals surface area contributed by atoms with Crippen LogP contribution in [0.25, 0.3) is 11.0 Å². The van der Waals surface area contributed by atoms with Gasteiger partial charge in [0.1, 0.15) is 5.75 Å². The topological polar surface area (TPSA) is 91.3 Å². The second kappa shape index (κ2) is 7.77. The molecule has 2 aromatic heterocycles. The SMILES string of the molecule is COc1ccc2c(c1)n(CC1CCC(C(=O)Nc3cc(C)no3)CC1)c(=O)n2C. The van der Waals surface area contributed by atoms with Crippen LogP contribution in [0.15, 0.2) is 33.6 Å². The summed E-state index contributed by atoms with van der Waals surface area (Å²) in [5, 5.41) is 6.59. The minimum Gasteiger partial charge on any atom is -0.497 e. The number of nitrogens with zero attached hydrogens (tertiary/aromatic N) is 3. The summed E-state index contributed by atoms with van der Waals surface area (Å²) in [4.78, 5) is 25.2. The molecule has 1 aliphatic carbocycles. The van der Waals surface area contributed by atoms with Crippen LogP contribution in [0.3, 0.4) is 0 Å². The fourth-order valence-corrected chi connectivity index (χ4v) is 4.21. The zero-order valence-electron chi connectivity index (χ0n) is 17.0. The van der Waals surface area contributed by atoms with Gasteiger partial charge in [0.2, 0.25) is 11.8 Å². The third-order valence-corrected chi connectivity index (χ3v) is 5.89. The number of carbonyl (C=O) groups excluding carboxylic acids is 1. The van der Waals surface area contributed by atoms with Crippen molar-refractivity contribution in [3.05, 3.63) is 40.4 Å². The molecule has 4 rings (SSSR count). The van der Waals surface area contributed by atoms with Crippen molar-refractivity contribution >= 4 is 22.8 Å². The highest BCUT2D eigenvalue weighted by Gasteiger charge is 2.28. The molecule has 1 N–H and O–H groups in total. The number of hydrogen-bond donors (Lipinski definition) is 1. The first-order chi connectivity index (χ1) is 14.0. The minimum absolute atomic E-state index is 0.0196. The number of fused-ring (bicyclic) bond motifs is 1. The van der Waals surface area contributed by atoms with E-state index in [9.17, 15) is 9.59 Å². The molecule has 0 radical (unpaired) electrons. The Morgan fingerprint density at radius 1 is 1.24 bits per heavy atom. The summed E-state index contributed by atoms with van der Waals surface area (Å²) in [6, 6.07) is 7.41. The first-order valence-corrected chi connectivity index (χ1v) is 9.93. The zero-order valence-corrected chi connectivity index (χ0v) is 17.0. The van der Waals surface area contributed by atoms with Crippen molar-refractivity contribution in [3.8, 4) is 5.75 Å². The van der Waals surface area contributed by atoms with Crippen molar-refractivity contribution in [2.45, 2.75) is 39.2 Å². The highest BCUT2D eigenvalue weighted by Crippen LogP contribution is 2.31. The summed E-state index contributed by atoms with van der Waals surface area (Å²) in [6.07, 6.45) is 3.40. The second-order valence-electron chi connectivity index (χ2n) is 7.85. The number of methoxy groups -OCH3 is 1. The molecule has 0 bridgehead atoms. The number of rotatable bonds is 5. The van der Waals surface area contributed by atoms with Gasteiger partial charge in [0.25, 0.3) is 0 Å². The molecular weight excluding hydrogens is 372 g/mol. The molecule has 1 amide bonds. The van der Waals surface area contributed by atoms with Crippen molar-refractivity contribution in [2.24, 2.45) is 18.9 Å². The van der Waals surface area contributed by atoms with E-state index in [0.29, 0.717) is 18.3 Å². The molecular formula is C21H26N4O4. The van der Waals surface area contributed by atoms with Crippen molar-refractivity contribution in [1.82, 2.24) is 14.3 Å². The second-order valence-corrected chi connectivity index (χ2v) is 7.85. The van der Waals surface area contributed by atoms with Gasteiger partial charge in [0.15, 0.2) is 0 Å². The van der Waals surface area contributed by atoms with E-state index in [0.717, 1.165) is 48.2 Å². The van der Waals surface area contributed by atoms with E-state index in [1.807, 2.05) is 29.7 Å². The van der Waals surface area contributed by atoms with Gasteiger partial charge in [-0.25, -0.2) is 4.79 Å². The van der Waals surface area contributed by atoms with Crippen LogP contribution in [0.4, 0.5) is 5.88 Å². The number of benzene rings is 1. The van der Waals surface area contributed by atoms with E-state index in [1.54, 1.807) is 24.8 Å². The highest BCUT2D eigenvalue weighted by molar-refractivity contribution is 5.91. The van der Waals surface area contributed by atoms with E-state index < -0.39 is 0 Å². The molecule has 1 aromatic carbocycles. The average molecular weight is 398 g/mol. The molecule has 0 atom stereocenters. The van der Waals surface area contributed by atoms with Gasteiger partial charge < -0.3 is 9.26 Å². The molecule has 2 heterocycles. The Hall–Kier alpha value is -3.03. The Labute approximate surface area is 168 Å². The maximum Gasteiger partial charge on any atom is 0.328 e. The van der Waals surface area contributed by atoms with E-state index in [4.69, 9.17) is 9.26 Å². The monoisotopic (exact) mass is 398 g/mol. The maximum atomic E-state index is 12.7. The number of imidazole rings is 1. The van der Waals surface area contributed by atoms with Crippen molar-refractivity contribution in [2.75, 3.05) is 12.4 Å². The van der Waals surface area contributed by atoms with Crippen LogP contribution >= 0.6 is 0 Å². The Balaban J connectivity index is 1.43. The van der Waals surface area contributed by atoms with Crippen molar-refractivity contribution in [3.63, 3.8) is 0 Å². The smallest absolute Gasteiger partial charge is 0.328 e. The Kier molecular flexibility index (Phi) is 5.17. The lowest BCUT2D eigenvalue weighted by Gasteiger charge is -2.27. The number of carbonyl (C=O) groups is 1. The van der Waals surface area contributed by atoms with Gasteiger partial charge >= 0.3 is 5.69 Å². The van der Waals surface area contributed by atoms with Gasteiger partial charge in [-0.05, 0) is 50.7 Å². The van der Waals surface area contributed by atoms with Crippen LogP contribution in [0.1, 0.15) is 31.4 Å². The Bertz CT molecular complexity index is 1090. The summed E-state index contributed by atoms with van der Waals surface area (Å²) in [5.41, 5.74) is 2.50. The highest BCUT2D eigenvalue weighted by atomic mass is 16.5. The van der Waals surface area contributed by atoms with Gasteiger partial charge in [0.05, 0.1) is 23.8 Å². The minimum atomic E-state index is -0.0408. The van der Waals surface area contributed by atoms with Gasteiger partial charge in [-0.1, -0.05) is 5.16 Å². The first kappa shape index (κ1) is 19.3. The summed E-state index contributed by atoms with van der Waals surface area (Å²) in [6.45, 7) is 2.47. The van der Waals surface area contributed by atoms with Gasteiger partial charge in [-0.2, -0.15) is 0 Å². The number of hydrogen-bond acceptors (Lipinski definition) is 5. The summed E-state index contributed by atoms with van der Waals surface area (Å²) >= 11 is 0. The van der Waals surface area contributed by atoms with Gasteiger partial charge in [-0.3, -0.25) is 19.2 Å². The van der Waals surface area contributed by atoms with Crippen LogP contribution in [0.5, 0.6) is 5.75 Å². The first-order valence-electron chi connectivity index (χ1n) is 9.93. The summed E-state index contributed by atoms with van der Waals surface area (Å²) < 4.78 is 13.9. The van der Waals surface area contributed by atoms with Crippen LogP contribution in [0.2, 0.25) is 0 Å². The van der Waals surface area contributed by atoms with E-state index >= 15 is 0 Å². The summed E-state index contributed by atoms with van der Waals surface area (Å²) in [7, 11) is 3.42. The molecule has 29 heavy (non-hydrogen) atoms. The largest absolute Gasteiger partial charge is 0.497 e. The van der Waals surface area contributed by atoms with Crippen molar-refractivity contribution < 1.29 is 14.1 Å². The van der Waals surface area contributed by atoms with E-state index in [-0.39, 0.29) is 17.5 Å². The Morgan fingerprint density at radius 3 is 2.66 bits per heavy atom.